The van der Waals surface area contributed by atoms with E-state index >= 15 is 0 Å². The van der Waals surface area contributed by atoms with E-state index in [1.807, 2.05) is 68.4 Å². The molecule has 0 saturated heterocycles. The van der Waals surface area contributed by atoms with Gasteiger partial charge in [-0.25, -0.2) is 0 Å². The number of hydrogen-bond donors (Lipinski definition) is 2. The van der Waals surface area contributed by atoms with E-state index in [4.69, 9.17) is 0 Å². The molecule has 2 N–H and O–H groups in total. The average Bonchev–Trinajstić information content (AvgIpc) is 2.67. The molecule has 0 fully saturated rings. The molecule has 3 aromatic rings. The maximum atomic E-state index is 13.1. The van der Waals surface area contributed by atoms with E-state index < -0.39 is 6.04 Å². The van der Waals surface area contributed by atoms with Gasteiger partial charge in [0.25, 0.3) is 0 Å². The van der Waals surface area contributed by atoms with Gasteiger partial charge in [-0.05, 0) is 54.7 Å². The van der Waals surface area contributed by atoms with Crippen LogP contribution in [0.1, 0.15) is 33.9 Å². The average molecular weight is 358 g/mol. The number of anilines is 1. The standard InChI is InChI=1S/C24H26N2O/c1-17-13-14-19(3)22(15-17)26-24(27)23(20-10-5-4-6-11-20)25-16-21-12-8-7-9-18(21)2/h4-15,23,25H,16H2,1-3H3,(H,26,27)/t23-/m0/s1. The summed E-state index contributed by atoms with van der Waals surface area (Å²) in [4.78, 5) is 13.1. The first kappa shape index (κ1) is 18.9. The lowest BCUT2D eigenvalue weighted by atomic mass is 10.0. The normalized spacial score (nSPS) is 11.8. The van der Waals surface area contributed by atoms with E-state index in [0.29, 0.717) is 6.54 Å². The van der Waals surface area contributed by atoms with Gasteiger partial charge in [0.2, 0.25) is 5.91 Å². The zero-order valence-corrected chi connectivity index (χ0v) is 16.1. The van der Waals surface area contributed by atoms with Crippen molar-refractivity contribution in [2.24, 2.45) is 0 Å². The Morgan fingerprint density at radius 2 is 1.56 bits per heavy atom. The third-order valence-corrected chi connectivity index (χ3v) is 4.80. The van der Waals surface area contributed by atoms with E-state index in [1.54, 1.807) is 0 Å². The van der Waals surface area contributed by atoms with Gasteiger partial charge in [-0.3, -0.25) is 10.1 Å². The first-order valence-corrected chi connectivity index (χ1v) is 9.25. The highest BCUT2D eigenvalue weighted by atomic mass is 16.2. The summed E-state index contributed by atoms with van der Waals surface area (Å²) in [6, 6.07) is 23.8. The highest BCUT2D eigenvalue weighted by molar-refractivity contribution is 5.96. The van der Waals surface area contributed by atoms with Crippen molar-refractivity contribution in [1.82, 2.24) is 5.32 Å². The van der Waals surface area contributed by atoms with Crippen molar-refractivity contribution in [3.05, 3.63) is 101 Å². The van der Waals surface area contributed by atoms with Gasteiger partial charge < -0.3 is 5.32 Å². The highest BCUT2D eigenvalue weighted by Gasteiger charge is 2.21. The topological polar surface area (TPSA) is 41.1 Å². The number of carbonyl (C=O) groups is 1. The Bertz CT molecular complexity index is 919. The lowest BCUT2D eigenvalue weighted by Gasteiger charge is -2.20. The minimum absolute atomic E-state index is 0.0523. The molecule has 0 heterocycles. The molecule has 0 aliphatic rings. The Kier molecular flexibility index (Phi) is 6.05. The predicted molar refractivity (Wildman–Crippen MR) is 112 cm³/mol. The van der Waals surface area contributed by atoms with Crippen molar-refractivity contribution in [2.75, 3.05) is 5.32 Å². The fourth-order valence-corrected chi connectivity index (χ4v) is 3.10. The van der Waals surface area contributed by atoms with Gasteiger partial charge in [0, 0.05) is 12.2 Å². The minimum atomic E-state index is -0.425. The Morgan fingerprint density at radius 1 is 0.852 bits per heavy atom. The van der Waals surface area contributed by atoms with Crippen LogP contribution in [0.3, 0.4) is 0 Å². The fraction of sp³-hybridized carbons (Fsp3) is 0.208. The van der Waals surface area contributed by atoms with Crippen molar-refractivity contribution < 1.29 is 4.79 Å². The first-order chi connectivity index (χ1) is 13.0. The molecule has 1 amide bonds. The molecule has 3 nitrogen and oxygen atoms in total. The third-order valence-electron chi connectivity index (χ3n) is 4.80. The molecule has 0 aliphatic carbocycles. The van der Waals surface area contributed by atoms with Crippen LogP contribution in [0, 0.1) is 20.8 Å². The fourth-order valence-electron chi connectivity index (χ4n) is 3.10. The SMILES string of the molecule is Cc1ccc(C)c(NC(=O)[C@@H](NCc2ccccc2C)c2ccccc2)c1. The van der Waals surface area contributed by atoms with Crippen LogP contribution in [0.2, 0.25) is 0 Å². The molecule has 0 unspecified atom stereocenters. The maximum Gasteiger partial charge on any atom is 0.246 e. The summed E-state index contributed by atoms with van der Waals surface area (Å²) in [6.07, 6.45) is 0. The van der Waals surface area contributed by atoms with E-state index in [9.17, 15) is 4.79 Å². The van der Waals surface area contributed by atoms with Crippen LogP contribution in [-0.4, -0.2) is 5.91 Å². The molecule has 0 aliphatic heterocycles. The summed E-state index contributed by atoms with van der Waals surface area (Å²) in [6.45, 7) is 6.75. The third kappa shape index (κ3) is 4.83. The number of hydrogen-bond acceptors (Lipinski definition) is 2. The van der Waals surface area contributed by atoms with Crippen molar-refractivity contribution in [1.29, 1.82) is 0 Å². The number of carbonyl (C=O) groups excluding carboxylic acids is 1. The predicted octanol–water partition coefficient (Wildman–Crippen LogP) is 5.08. The molecule has 27 heavy (non-hydrogen) atoms. The molecular weight excluding hydrogens is 332 g/mol. The summed E-state index contributed by atoms with van der Waals surface area (Å²) in [7, 11) is 0. The number of nitrogens with one attached hydrogen (secondary N) is 2. The van der Waals surface area contributed by atoms with Crippen molar-refractivity contribution in [3.8, 4) is 0 Å². The molecule has 0 radical (unpaired) electrons. The molecule has 0 aromatic heterocycles. The van der Waals surface area contributed by atoms with Crippen molar-refractivity contribution in [2.45, 2.75) is 33.4 Å². The van der Waals surface area contributed by atoms with Gasteiger partial charge in [-0.15, -0.1) is 0 Å². The maximum absolute atomic E-state index is 13.1. The van der Waals surface area contributed by atoms with Crippen LogP contribution >= 0.6 is 0 Å². The Hall–Kier alpha value is -2.91. The Labute approximate surface area is 161 Å². The van der Waals surface area contributed by atoms with Crippen LogP contribution in [0.4, 0.5) is 5.69 Å². The molecule has 3 aromatic carbocycles. The van der Waals surface area contributed by atoms with Crippen LogP contribution in [0.5, 0.6) is 0 Å². The van der Waals surface area contributed by atoms with Crippen LogP contribution in [0.25, 0.3) is 0 Å². The van der Waals surface area contributed by atoms with Crippen LogP contribution in [-0.2, 0) is 11.3 Å². The summed E-state index contributed by atoms with van der Waals surface area (Å²) in [5.41, 5.74) is 6.40. The summed E-state index contributed by atoms with van der Waals surface area (Å²) in [5, 5.41) is 6.53. The second-order valence-electron chi connectivity index (χ2n) is 6.96. The monoisotopic (exact) mass is 358 g/mol. The van der Waals surface area contributed by atoms with E-state index in [0.717, 1.165) is 22.4 Å². The number of aryl methyl sites for hydroxylation is 3. The lowest BCUT2D eigenvalue weighted by Crippen LogP contribution is -2.33. The zero-order valence-electron chi connectivity index (χ0n) is 16.1. The molecule has 0 bridgehead atoms. The Morgan fingerprint density at radius 3 is 2.30 bits per heavy atom. The zero-order chi connectivity index (χ0) is 19.2. The number of benzene rings is 3. The Balaban J connectivity index is 1.82. The molecule has 0 spiro atoms. The molecule has 3 heteroatoms. The summed E-state index contributed by atoms with van der Waals surface area (Å²) < 4.78 is 0. The lowest BCUT2D eigenvalue weighted by molar-refractivity contribution is -0.118. The second kappa shape index (κ2) is 8.65. The van der Waals surface area contributed by atoms with E-state index in [1.165, 1.54) is 11.1 Å². The van der Waals surface area contributed by atoms with E-state index in [-0.39, 0.29) is 5.91 Å². The molecule has 138 valence electrons. The van der Waals surface area contributed by atoms with Gasteiger partial charge in [0.05, 0.1) is 0 Å². The smallest absolute Gasteiger partial charge is 0.246 e. The van der Waals surface area contributed by atoms with Crippen LogP contribution in [0.15, 0.2) is 72.8 Å². The molecule has 0 saturated carbocycles. The number of amides is 1. The quantitative estimate of drug-likeness (QED) is 0.645. The van der Waals surface area contributed by atoms with Gasteiger partial charge >= 0.3 is 0 Å². The molecular formula is C24H26N2O. The number of rotatable bonds is 6. The highest BCUT2D eigenvalue weighted by Crippen LogP contribution is 2.21. The molecule has 1 atom stereocenters. The van der Waals surface area contributed by atoms with Gasteiger partial charge in [-0.2, -0.15) is 0 Å². The van der Waals surface area contributed by atoms with Crippen molar-refractivity contribution in [3.63, 3.8) is 0 Å². The van der Waals surface area contributed by atoms with Gasteiger partial charge in [0.1, 0.15) is 6.04 Å². The van der Waals surface area contributed by atoms with Gasteiger partial charge in [0.15, 0.2) is 0 Å². The first-order valence-electron chi connectivity index (χ1n) is 9.25. The largest absolute Gasteiger partial charge is 0.324 e. The minimum Gasteiger partial charge on any atom is -0.324 e. The molecule has 3 rings (SSSR count). The van der Waals surface area contributed by atoms with Crippen LogP contribution < -0.4 is 10.6 Å². The van der Waals surface area contributed by atoms with Crippen molar-refractivity contribution >= 4 is 11.6 Å². The second-order valence-corrected chi connectivity index (χ2v) is 6.96. The summed E-state index contributed by atoms with van der Waals surface area (Å²) in [5.74, 6) is -0.0523. The van der Waals surface area contributed by atoms with E-state index in [2.05, 4.69) is 35.8 Å². The van der Waals surface area contributed by atoms with Gasteiger partial charge in [-0.1, -0.05) is 66.7 Å². The summed E-state index contributed by atoms with van der Waals surface area (Å²) >= 11 is 0.